The van der Waals surface area contributed by atoms with E-state index in [4.69, 9.17) is 4.74 Å². The van der Waals surface area contributed by atoms with Gasteiger partial charge in [0.05, 0.1) is 0 Å². The SMILES string of the molecule is CN=C(NCCC(=O)N1CCCC(C)C1)NCC1(CCOC)CCCC1.I. The van der Waals surface area contributed by atoms with E-state index in [2.05, 4.69) is 22.5 Å². The normalized spacial score (nSPS) is 22.3. The maximum atomic E-state index is 12.4. The highest BCUT2D eigenvalue weighted by molar-refractivity contribution is 14.0. The lowest BCUT2D eigenvalue weighted by Gasteiger charge is -2.31. The number of halogens is 1. The van der Waals surface area contributed by atoms with Crippen molar-refractivity contribution in [1.82, 2.24) is 15.5 Å². The third kappa shape index (κ3) is 8.13. The van der Waals surface area contributed by atoms with E-state index in [1.54, 1.807) is 14.2 Å². The van der Waals surface area contributed by atoms with Crippen LogP contribution in [0.3, 0.4) is 0 Å². The van der Waals surface area contributed by atoms with Crippen LogP contribution >= 0.6 is 24.0 Å². The number of carbonyl (C=O) groups excluding carboxylic acids is 1. The molecule has 1 amide bonds. The van der Waals surface area contributed by atoms with E-state index in [9.17, 15) is 4.79 Å². The molecule has 2 N–H and O–H groups in total. The standard InChI is InChI=1S/C20H38N4O2.HI/c1-17-7-6-13-24(15-17)18(25)8-12-22-19(21-2)23-16-20(11-14-26-3)9-4-5-10-20;/h17H,4-16H2,1-3H3,(H2,21,22,23);1H. The molecule has 1 saturated carbocycles. The van der Waals surface area contributed by atoms with Crippen LogP contribution in [0.5, 0.6) is 0 Å². The fraction of sp³-hybridized carbons (Fsp3) is 0.900. The summed E-state index contributed by atoms with van der Waals surface area (Å²) in [5, 5.41) is 6.79. The number of hydrogen-bond donors (Lipinski definition) is 2. The summed E-state index contributed by atoms with van der Waals surface area (Å²) in [6.45, 7) is 6.43. The minimum atomic E-state index is 0. The van der Waals surface area contributed by atoms with Crippen LogP contribution in [0.2, 0.25) is 0 Å². The first kappa shape index (κ1) is 24.5. The molecule has 2 aliphatic rings. The molecule has 158 valence electrons. The number of carbonyl (C=O) groups is 1. The van der Waals surface area contributed by atoms with E-state index in [-0.39, 0.29) is 29.9 Å². The first-order chi connectivity index (χ1) is 12.6. The minimum absolute atomic E-state index is 0. The molecule has 1 aliphatic heterocycles. The van der Waals surface area contributed by atoms with Gasteiger partial charge in [0, 0.05) is 53.4 Å². The molecule has 2 fully saturated rings. The van der Waals surface area contributed by atoms with E-state index in [0.29, 0.717) is 24.3 Å². The van der Waals surface area contributed by atoms with Gasteiger partial charge in [-0.2, -0.15) is 0 Å². The molecule has 1 unspecified atom stereocenters. The summed E-state index contributed by atoms with van der Waals surface area (Å²) in [4.78, 5) is 18.7. The van der Waals surface area contributed by atoms with Crippen molar-refractivity contribution in [2.45, 2.75) is 58.3 Å². The van der Waals surface area contributed by atoms with Crippen LogP contribution in [0.4, 0.5) is 0 Å². The Morgan fingerprint density at radius 3 is 2.63 bits per heavy atom. The summed E-state index contributed by atoms with van der Waals surface area (Å²) < 4.78 is 5.30. The number of hydrogen-bond acceptors (Lipinski definition) is 3. The highest BCUT2D eigenvalue weighted by Crippen LogP contribution is 2.40. The van der Waals surface area contributed by atoms with Crippen molar-refractivity contribution in [2.24, 2.45) is 16.3 Å². The number of likely N-dealkylation sites (tertiary alicyclic amines) is 1. The van der Waals surface area contributed by atoms with Crippen molar-refractivity contribution in [3.05, 3.63) is 0 Å². The Morgan fingerprint density at radius 1 is 1.26 bits per heavy atom. The van der Waals surface area contributed by atoms with E-state index >= 15 is 0 Å². The Bertz CT molecular complexity index is 467. The van der Waals surface area contributed by atoms with Gasteiger partial charge in [-0.1, -0.05) is 19.8 Å². The molecule has 1 aliphatic carbocycles. The predicted molar refractivity (Wildman–Crippen MR) is 122 cm³/mol. The van der Waals surface area contributed by atoms with Gasteiger partial charge in [-0.25, -0.2) is 0 Å². The Labute approximate surface area is 182 Å². The lowest BCUT2D eigenvalue weighted by atomic mass is 9.83. The molecular weight excluding hydrogens is 455 g/mol. The zero-order chi connectivity index (χ0) is 18.8. The van der Waals surface area contributed by atoms with Gasteiger partial charge in [0.1, 0.15) is 0 Å². The predicted octanol–water partition coefficient (Wildman–Crippen LogP) is 3.01. The van der Waals surface area contributed by atoms with Gasteiger partial charge in [-0.15, -0.1) is 24.0 Å². The maximum Gasteiger partial charge on any atom is 0.224 e. The number of nitrogens with one attached hydrogen (secondary N) is 2. The second-order valence-electron chi connectivity index (χ2n) is 8.14. The van der Waals surface area contributed by atoms with Crippen molar-refractivity contribution < 1.29 is 9.53 Å². The monoisotopic (exact) mass is 494 g/mol. The molecule has 0 aromatic carbocycles. The van der Waals surface area contributed by atoms with Crippen LogP contribution in [0.1, 0.15) is 58.3 Å². The number of rotatable bonds is 8. The first-order valence-corrected chi connectivity index (χ1v) is 10.3. The van der Waals surface area contributed by atoms with Gasteiger partial charge in [0.2, 0.25) is 5.91 Å². The van der Waals surface area contributed by atoms with Crippen molar-refractivity contribution in [2.75, 3.05) is 46.9 Å². The average molecular weight is 494 g/mol. The smallest absolute Gasteiger partial charge is 0.224 e. The summed E-state index contributed by atoms with van der Waals surface area (Å²) in [6, 6.07) is 0. The summed E-state index contributed by atoms with van der Waals surface area (Å²) in [5.74, 6) is 1.69. The third-order valence-corrected chi connectivity index (χ3v) is 6.00. The molecule has 6 nitrogen and oxygen atoms in total. The van der Waals surface area contributed by atoms with Gasteiger partial charge in [0.25, 0.3) is 0 Å². The number of methoxy groups -OCH3 is 1. The molecule has 0 aromatic heterocycles. The second-order valence-corrected chi connectivity index (χ2v) is 8.14. The fourth-order valence-corrected chi connectivity index (χ4v) is 4.31. The lowest BCUT2D eigenvalue weighted by Crippen LogP contribution is -2.45. The lowest BCUT2D eigenvalue weighted by molar-refractivity contribution is -0.132. The molecule has 1 atom stereocenters. The maximum absolute atomic E-state index is 12.4. The Morgan fingerprint density at radius 2 is 2.00 bits per heavy atom. The van der Waals surface area contributed by atoms with Crippen LogP contribution in [0.25, 0.3) is 0 Å². The molecule has 1 saturated heterocycles. The number of nitrogens with zero attached hydrogens (tertiary/aromatic N) is 2. The van der Waals surface area contributed by atoms with Crippen LogP contribution in [0.15, 0.2) is 4.99 Å². The van der Waals surface area contributed by atoms with E-state index in [1.165, 1.54) is 32.1 Å². The van der Waals surface area contributed by atoms with Crippen molar-refractivity contribution in [3.8, 4) is 0 Å². The van der Waals surface area contributed by atoms with Crippen LogP contribution in [-0.4, -0.2) is 63.7 Å². The summed E-state index contributed by atoms with van der Waals surface area (Å²) in [6.07, 6.45) is 9.12. The topological polar surface area (TPSA) is 66.0 Å². The van der Waals surface area contributed by atoms with Crippen LogP contribution < -0.4 is 10.6 Å². The first-order valence-electron chi connectivity index (χ1n) is 10.3. The van der Waals surface area contributed by atoms with Gasteiger partial charge in [-0.05, 0) is 43.4 Å². The molecule has 2 rings (SSSR count). The molecule has 0 radical (unpaired) electrons. The summed E-state index contributed by atoms with van der Waals surface area (Å²) >= 11 is 0. The molecule has 7 heteroatoms. The molecule has 27 heavy (non-hydrogen) atoms. The quantitative estimate of drug-likeness (QED) is 0.310. The Hall–Kier alpha value is -0.570. The van der Waals surface area contributed by atoms with Crippen LogP contribution in [-0.2, 0) is 9.53 Å². The Kier molecular flexibility index (Phi) is 11.6. The third-order valence-electron chi connectivity index (χ3n) is 6.00. The Balaban J connectivity index is 0.00000364. The van der Waals surface area contributed by atoms with Crippen LogP contribution in [0, 0.1) is 11.3 Å². The second kappa shape index (κ2) is 12.8. The van der Waals surface area contributed by atoms with E-state index < -0.39 is 0 Å². The number of ether oxygens (including phenoxy) is 1. The molecule has 0 aromatic rings. The number of piperidine rings is 1. The van der Waals surface area contributed by atoms with Gasteiger partial charge in [-0.3, -0.25) is 9.79 Å². The average Bonchev–Trinajstić information content (AvgIpc) is 3.12. The van der Waals surface area contributed by atoms with Crippen molar-refractivity contribution in [3.63, 3.8) is 0 Å². The summed E-state index contributed by atoms with van der Waals surface area (Å²) in [5.41, 5.74) is 0.327. The molecular formula is C20H39IN4O2. The van der Waals surface area contributed by atoms with Gasteiger partial charge in [0.15, 0.2) is 5.96 Å². The molecule has 0 spiro atoms. The molecule has 0 bridgehead atoms. The van der Waals surface area contributed by atoms with E-state index in [1.807, 2.05) is 4.90 Å². The largest absolute Gasteiger partial charge is 0.385 e. The minimum Gasteiger partial charge on any atom is -0.385 e. The zero-order valence-corrected chi connectivity index (χ0v) is 19.7. The number of guanidine groups is 1. The zero-order valence-electron chi connectivity index (χ0n) is 17.4. The van der Waals surface area contributed by atoms with Gasteiger partial charge >= 0.3 is 0 Å². The molecule has 1 heterocycles. The summed E-state index contributed by atoms with van der Waals surface area (Å²) in [7, 11) is 3.57. The van der Waals surface area contributed by atoms with Gasteiger partial charge < -0.3 is 20.3 Å². The fourth-order valence-electron chi connectivity index (χ4n) is 4.31. The van der Waals surface area contributed by atoms with Crippen molar-refractivity contribution in [1.29, 1.82) is 0 Å². The highest BCUT2D eigenvalue weighted by atomic mass is 127. The number of amides is 1. The van der Waals surface area contributed by atoms with Crippen molar-refractivity contribution >= 4 is 35.8 Å². The number of aliphatic imine (C=N–C) groups is 1. The van der Waals surface area contributed by atoms with E-state index in [0.717, 1.165) is 45.0 Å². The highest BCUT2D eigenvalue weighted by Gasteiger charge is 2.33.